The van der Waals surface area contributed by atoms with Gasteiger partial charge < -0.3 is 5.32 Å². The largest absolute Gasteiger partial charge is 0.344 e. The summed E-state index contributed by atoms with van der Waals surface area (Å²) in [4.78, 5) is 13.2. The Kier molecular flexibility index (Phi) is 3.00. The van der Waals surface area contributed by atoms with E-state index in [0.29, 0.717) is 17.6 Å². The van der Waals surface area contributed by atoms with Crippen LogP contribution in [0.4, 0.5) is 4.79 Å². The molecule has 2 aromatic heterocycles. The van der Waals surface area contributed by atoms with Gasteiger partial charge in [0, 0.05) is 4.88 Å². The van der Waals surface area contributed by atoms with E-state index in [1.807, 2.05) is 42.6 Å². The third-order valence-electron chi connectivity index (χ3n) is 2.91. The molecule has 6 heteroatoms. The first kappa shape index (κ1) is 11.9. The number of carbonyl (C=O) groups is 1. The molecular formula is C13H12N4OS. The van der Waals surface area contributed by atoms with Crippen LogP contribution in [0.2, 0.25) is 0 Å². The van der Waals surface area contributed by atoms with Crippen molar-refractivity contribution in [2.45, 2.75) is 13.5 Å². The van der Waals surface area contributed by atoms with Crippen LogP contribution in [-0.2, 0) is 6.54 Å². The maximum Gasteiger partial charge on any atom is 0.344 e. The zero-order valence-electron chi connectivity index (χ0n) is 10.3. The zero-order chi connectivity index (χ0) is 13.2. The number of hydrogen-bond donors (Lipinski definition) is 1. The van der Waals surface area contributed by atoms with Crippen molar-refractivity contribution in [1.82, 2.24) is 20.3 Å². The van der Waals surface area contributed by atoms with Gasteiger partial charge in [0.05, 0.1) is 12.1 Å². The topological polar surface area (TPSA) is 59.8 Å². The second-order valence-corrected chi connectivity index (χ2v) is 5.18. The molecule has 2 heterocycles. The Bertz CT molecular complexity index is 731. The Balaban J connectivity index is 1.79. The number of thiophene rings is 1. The highest BCUT2D eigenvalue weighted by atomic mass is 32.1. The number of amides is 1. The molecular weight excluding hydrogens is 260 g/mol. The number of hydrogen-bond acceptors (Lipinski definition) is 4. The standard InChI is InChI=1S/C13H12N4OS/c1-9-6-7-19-12(9)8-14-13(18)17-11-5-3-2-4-10(11)15-16-17/h2-7H,8H2,1H3,(H,14,18). The Morgan fingerprint density at radius 1 is 1.37 bits per heavy atom. The molecule has 0 radical (unpaired) electrons. The van der Waals surface area contributed by atoms with Crippen LogP contribution in [0.3, 0.4) is 0 Å². The van der Waals surface area contributed by atoms with Gasteiger partial charge in [-0.2, -0.15) is 4.68 Å². The summed E-state index contributed by atoms with van der Waals surface area (Å²) in [5.41, 5.74) is 2.61. The average Bonchev–Trinajstić information content (AvgIpc) is 3.02. The van der Waals surface area contributed by atoms with Crippen LogP contribution in [0.15, 0.2) is 35.7 Å². The Labute approximate surface area is 113 Å². The van der Waals surface area contributed by atoms with Gasteiger partial charge in [0.1, 0.15) is 5.52 Å². The van der Waals surface area contributed by atoms with E-state index in [-0.39, 0.29) is 6.03 Å². The van der Waals surface area contributed by atoms with Gasteiger partial charge in [-0.1, -0.05) is 17.3 Å². The molecule has 0 unspecified atom stereocenters. The third-order valence-corrected chi connectivity index (χ3v) is 3.94. The molecule has 0 saturated carbocycles. The lowest BCUT2D eigenvalue weighted by Crippen LogP contribution is -2.28. The number of aryl methyl sites for hydroxylation is 1. The summed E-state index contributed by atoms with van der Waals surface area (Å²) in [7, 11) is 0. The van der Waals surface area contributed by atoms with E-state index < -0.39 is 0 Å². The van der Waals surface area contributed by atoms with E-state index >= 15 is 0 Å². The van der Waals surface area contributed by atoms with Crippen LogP contribution in [-0.4, -0.2) is 21.0 Å². The molecule has 3 rings (SSSR count). The van der Waals surface area contributed by atoms with Gasteiger partial charge in [-0.05, 0) is 36.1 Å². The van der Waals surface area contributed by atoms with E-state index in [1.54, 1.807) is 11.3 Å². The van der Waals surface area contributed by atoms with Crippen LogP contribution < -0.4 is 5.32 Å². The summed E-state index contributed by atoms with van der Waals surface area (Å²) in [5, 5.41) is 12.7. The quantitative estimate of drug-likeness (QED) is 0.780. The molecule has 0 aliphatic rings. The first-order valence-corrected chi connectivity index (χ1v) is 6.75. The van der Waals surface area contributed by atoms with Crippen molar-refractivity contribution in [2.24, 2.45) is 0 Å². The van der Waals surface area contributed by atoms with Crippen LogP contribution in [0.1, 0.15) is 10.4 Å². The second-order valence-electron chi connectivity index (χ2n) is 4.18. The Morgan fingerprint density at radius 2 is 2.21 bits per heavy atom. The highest BCUT2D eigenvalue weighted by Crippen LogP contribution is 2.15. The number of aromatic nitrogens is 3. The molecule has 0 saturated heterocycles. The van der Waals surface area contributed by atoms with Crippen molar-refractivity contribution in [1.29, 1.82) is 0 Å². The number of nitrogens with zero attached hydrogens (tertiary/aromatic N) is 3. The summed E-state index contributed by atoms with van der Waals surface area (Å²) < 4.78 is 1.29. The molecule has 19 heavy (non-hydrogen) atoms. The number of benzene rings is 1. The van der Waals surface area contributed by atoms with Crippen LogP contribution >= 0.6 is 11.3 Å². The fraction of sp³-hybridized carbons (Fsp3) is 0.154. The Hall–Kier alpha value is -2.21. The van der Waals surface area contributed by atoms with Gasteiger partial charge in [-0.3, -0.25) is 0 Å². The average molecular weight is 272 g/mol. The molecule has 0 fully saturated rings. The minimum Gasteiger partial charge on any atom is -0.331 e. The maximum atomic E-state index is 12.1. The number of para-hydroxylation sites is 1. The molecule has 96 valence electrons. The van der Waals surface area contributed by atoms with E-state index in [1.165, 1.54) is 10.2 Å². The molecule has 5 nitrogen and oxygen atoms in total. The third kappa shape index (κ3) is 2.22. The van der Waals surface area contributed by atoms with Crippen molar-refractivity contribution in [3.63, 3.8) is 0 Å². The molecule has 1 amide bonds. The molecule has 0 spiro atoms. The first-order valence-electron chi connectivity index (χ1n) is 5.87. The van der Waals surface area contributed by atoms with Crippen molar-refractivity contribution in [3.8, 4) is 0 Å². The molecule has 1 N–H and O–H groups in total. The summed E-state index contributed by atoms with van der Waals surface area (Å²) >= 11 is 1.63. The molecule has 0 aliphatic heterocycles. The monoisotopic (exact) mass is 272 g/mol. The molecule has 0 bridgehead atoms. The van der Waals surface area contributed by atoms with E-state index in [9.17, 15) is 4.79 Å². The zero-order valence-corrected chi connectivity index (χ0v) is 11.1. The summed E-state index contributed by atoms with van der Waals surface area (Å²) in [6.45, 7) is 2.54. The summed E-state index contributed by atoms with van der Waals surface area (Å²) in [6, 6.07) is 9.16. The number of nitrogens with one attached hydrogen (secondary N) is 1. The first-order chi connectivity index (χ1) is 9.25. The van der Waals surface area contributed by atoms with Gasteiger partial charge >= 0.3 is 6.03 Å². The second kappa shape index (κ2) is 4.81. The molecule has 3 aromatic rings. The number of fused-ring (bicyclic) bond motifs is 1. The van der Waals surface area contributed by atoms with Gasteiger partial charge in [0.25, 0.3) is 0 Å². The van der Waals surface area contributed by atoms with Crippen molar-refractivity contribution in [2.75, 3.05) is 0 Å². The lowest BCUT2D eigenvalue weighted by molar-refractivity contribution is 0.239. The van der Waals surface area contributed by atoms with Crippen LogP contribution in [0.5, 0.6) is 0 Å². The predicted molar refractivity (Wildman–Crippen MR) is 74.2 cm³/mol. The summed E-state index contributed by atoms with van der Waals surface area (Å²) in [6.07, 6.45) is 0. The Morgan fingerprint density at radius 3 is 3.00 bits per heavy atom. The maximum absolute atomic E-state index is 12.1. The number of rotatable bonds is 2. The minimum absolute atomic E-state index is 0.262. The van der Waals surface area contributed by atoms with Gasteiger partial charge in [-0.25, -0.2) is 4.79 Å². The fourth-order valence-electron chi connectivity index (χ4n) is 1.83. The molecule has 0 aliphatic carbocycles. The highest BCUT2D eigenvalue weighted by molar-refractivity contribution is 7.10. The normalized spacial score (nSPS) is 10.8. The van der Waals surface area contributed by atoms with Gasteiger partial charge in [0.2, 0.25) is 0 Å². The van der Waals surface area contributed by atoms with E-state index in [2.05, 4.69) is 15.6 Å². The summed E-state index contributed by atoms with van der Waals surface area (Å²) in [5.74, 6) is 0. The number of carbonyl (C=O) groups excluding carboxylic acids is 1. The van der Waals surface area contributed by atoms with Crippen molar-refractivity contribution in [3.05, 3.63) is 46.2 Å². The molecule has 0 atom stereocenters. The van der Waals surface area contributed by atoms with Crippen LogP contribution in [0.25, 0.3) is 11.0 Å². The van der Waals surface area contributed by atoms with E-state index in [0.717, 1.165) is 4.88 Å². The van der Waals surface area contributed by atoms with Gasteiger partial charge in [-0.15, -0.1) is 16.4 Å². The predicted octanol–water partition coefficient (Wildman–Crippen LogP) is 2.56. The molecule has 1 aromatic carbocycles. The smallest absolute Gasteiger partial charge is 0.331 e. The lowest BCUT2D eigenvalue weighted by Gasteiger charge is -2.04. The van der Waals surface area contributed by atoms with Gasteiger partial charge in [0.15, 0.2) is 0 Å². The highest BCUT2D eigenvalue weighted by Gasteiger charge is 2.11. The van der Waals surface area contributed by atoms with Crippen LogP contribution in [0, 0.1) is 6.92 Å². The van der Waals surface area contributed by atoms with E-state index in [4.69, 9.17) is 0 Å². The fourth-order valence-corrected chi connectivity index (χ4v) is 2.68. The SMILES string of the molecule is Cc1ccsc1CNC(=O)n1nnc2ccccc21. The minimum atomic E-state index is -0.262. The van der Waals surface area contributed by atoms with Crippen molar-refractivity contribution < 1.29 is 4.79 Å². The lowest BCUT2D eigenvalue weighted by atomic mass is 10.3. The van der Waals surface area contributed by atoms with Crippen molar-refractivity contribution >= 4 is 28.4 Å².